The van der Waals surface area contributed by atoms with Crippen molar-refractivity contribution in [3.8, 4) is 5.69 Å². The smallest absolute Gasteiger partial charge is 0.258 e. The first-order valence-electron chi connectivity index (χ1n) is 6.68. The number of nitrogens with zero attached hydrogens (tertiary/aromatic N) is 3. The minimum atomic E-state index is -0.472. The summed E-state index contributed by atoms with van der Waals surface area (Å²) in [6.07, 6.45) is 3.43. The van der Waals surface area contributed by atoms with Crippen molar-refractivity contribution in [3.63, 3.8) is 0 Å². The van der Waals surface area contributed by atoms with Gasteiger partial charge in [0.05, 0.1) is 16.4 Å². The van der Waals surface area contributed by atoms with E-state index in [0.29, 0.717) is 5.69 Å². The van der Waals surface area contributed by atoms with Crippen molar-refractivity contribution in [2.75, 3.05) is 0 Å². The van der Waals surface area contributed by atoms with Crippen LogP contribution >= 0.6 is 0 Å². The maximum atomic E-state index is 12.6. The number of nitro benzene ring substituents is 1. The van der Waals surface area contributed by atoms with Crippen molar-refractivity contribution in [2.24, 2.45) is 0 Å². The highest BCUT2D eigenvalue weighted by atomic mass is 16.6. The van der Waals surface area contributed by atoms with Gasteiger partial charge in [0.15, 0.2) is 5.52 Å². The second-order valence-electron chi connectivity index (χ2n) is 5.03. The highest BCUT2D eigenvalue weighted by molar-refractivity contribution is 5.95. The van der Waals surface area contributed by atoms with E-state index in [2.05, 4.69) is 0 Å². The van der Waals surface area contributed by atoms with Crippen LogP contribution in [0.25, 0.3) is 22.0 Å². The average Bonchev–Trinajstić information content (AvgIpc) is 2.97. The van der Waals surface area contributed by atoms with Gasteiger partial charge in [-0.15, -0.1) is 0 Å². The van der Waals surface area contributed by atoms with Crippen LogP contribution in [0.1, 0.15) is 0 Å². The molecule has 0 amide bonds. The fraction of sp³-hybridized carbons (Fsp3) is 0. The van der Waals surface area contributed by atoms with Crippen molar-refractivity contribution in [1.82, 2.24) is 4.40 Å². The summed E-state index contributed by atoms with van der Waals surface area (Å²) in [5, 5.41) is 12.8. The second kappa shape index (κ2) is 4.36. The van der Waals surface area contributed by atoms with E-state index in [-0.39, 0.29) is 11.4 Å². The summed E-state index contributed by atoms with van der Waals surface area (Å²) in [7, 11) is 0. The molecule has 0 saturated carbocycles. The molecule has 0 N–H and O–H groups in total. The van der Waals surface area contributed by atoms with Crippen LogP contribution in [0, 0.1) is 10.1 Å². The lowest BCUT2D eigenvalue weighted by Crippen LogP contribution is -2.50. The first-order valence-corrected chi connectivity index (χ1v) is 6.68. The summed E-state index contributed by atoms with van der Waals surface area (Å²) in [5.41, 5.74) is 1.02. The zero-order chi connectivity index (χ0) is 15.3. The van der Waals surface area contributed by atoms with E-state index in [9.17, 15) is 14.9 Å². The Kier molecular flexibility index (Phi) is 2.47. The molecule has 0 unspecified atom stereocenters. The Labute approximate surface area is 124 Å². The minimum Gasteiger partial charge on any atom is -0.258 e. The number of benzene rings is 2. The summed E-state index contributed by atoms with van der Waals surface area (Å²) < 4.78 is 2.98. The Hall–Kier alpha value is -3.28. The van der Waals surface area contributed by atoms with E-state index < -0.39 is 4.92 Å². The minimum absolute atomic E-state index is 0.0461. The van der Waals surface area contributed by atoms with E-state index in [1.165, 1.54) is 16.7 Å². The molecule has 4 aromatic rings. The molecule has 2 heterocycles. The number of non-ortho nitro benzene ring substituents is 1. The van der Waals surface area contributed by atoms with Gasteiger partial charge in [-0.1, -0.05) is 18.2 Å². The quantitative estimate of drug-likeness (QED) is 0.323. The van der Waals surface area contributed by atoms with Gasteiger partial charge in [0, 0.05) is 11.5 Å². The van der Waals surface area contributed by atoms with E-state index in [4.69, 9.17) is 0 Å². The van der Waals surface area contributed by atoms with Crippen LogP contribution in [0.3, 0.4) is 0 Å². The molecule has 0 aliphatic rings. The van der Waals surface area contributed by atoms with Gasteiger partial charge < -0.3 is 0 Å². The topological polar surface area (TPSA) is 68.5 Å². The summed E-state index contributed by atoms with van der Waals surface area (Å²) in [4.78, 5) is 23.1. The third-order valence-electron chi connectivity index (χ3n) is 3.74. The fourth-order valence-electron chi connectivity index (χ4n) is 2.74. The number of nitro groups is 1. The molecule has 0 bridgehead atoms. The maximum absolute atomic E-state index is 12.6. The van der Waals surface area contributed by atoms with Gasteiger partial charge in [0.1, 0.15) is 18.1 Å². The summed E-state index contributed by atoms with van der Waals surface area (Å²) in [5.74, 6) is 0. The SMILES string of the molecule is O=c1n2ccc3cccc(c[n+]1-c1cccc([N+](=O)[O-])c1)c32. The van der Waals surface area contributed by atoms with E-state index in [0.717, 1.165) is 16.3 Å². The first-order chi connectivity index (χ1) is 10.6. The molecule has 22 heavy (non-hydrogen) atoms. The highest BCUT2D eigenvalue weighted by Crippen LogP contribution is 2.19. The van der Waals surface area contributed by atoms with Crippen LogP contribution in [0.15, 0.2) is 65.7 Å². The standard InChI is InChI=1S/C16H10N3O3/c20-16-17-8-7-11-3-1-4-12(15(11)17)10-18(16)13-5-2-6-14(9-13)19(21)22/h1-10H/q+1. The van der Waals surface area contributed by atoms with Gasteiger partial charge in [0.2, 0.25) is 0 Å². The zero-order valence-corrected chi connectivity index (χ0v) is 11.3. The normalized spacial score (nSPS) is 11.3. The molecule has 0 saturated heterocycles. The first kappa shape index (κ1) is 12.5. The van der Waals surface area contributed by atoms with Crippen LogP contribution in [-0.4, -0.2) is 9.32 Å². The molecule has 6 nitrogen and oxygen atoms in total. The van der Waals surface area contributed by atoms with Crippen molar-refractivity contribution in [1.29, 1.82) is 0 Å². The highest BCUT2D eigenvalue weighted by Gasteiger charge is 2.19. The molecule has 0 spiro atoms. The maximum Gasteiger partial charge on any atom is 0.508 e. The van der Waals surface area contributed by atoms with Crippen LogP contribution in [-0.2, 0) is 0 Å². The molecule has 0 fully saturated rings. The summed E-state index contributed by atoms with van der Waals surface area (Å²) in [6, 6.07) is 13.7. The third-order valence-corrected chi connectivity index (χ3v) is 3.74. The van der Waals surface area contributed by atoms with E-state index >= 15 is 0 Å². The molecule has 2 aromatic carbocycles. The van der Waals surface area contributed by atoms with Gasteiger partial charge >= 0.3 is 5.69 Å². The van der Waals surface area contributed by atoms with Gasteiger partial charge in [-0.05, 0) is 18.2 Å². The molecule has 4 rings (SSSR count). The Morgan fingerprint density at radius 2 is 1.82 bits per heavy atom. The predicted octanol–water partition coefficient (Wildman–Crippen LogP) is 2.08. The van der Waals surface area contributed by atoms with Crippen molar-refractivity contribution < 1.29 is 9.49 Å². The summed E-state index contributed by atoms with van der Waals surface area (Å²) in [6.45, 7) is 0. The fourth-order valence-corrected chi connectivity index (χ4v) is 2.74. The molecule has 0 radical (unpaired) electrons. The zero-order valence-electron chi connectivity index (χ0n) is 11.3. The van der Waals surface area contributed by atoms with Gasteiger partial charge in [0.25, 0.3) is 5.69 Å². The van der Waals surface area contributed by atoms with Crippen LogP contribution in [0.5, 0.6) is 0 Å². The van der Waals surface area contributed by atoms with Crippen LogP contribution in [0.2, 0.25) is 0 Å². The van der Waals surface area contributed by atoms with Gasteiger partial charge in [-0.25, -0.2) is 0 Å². The molecule has 0 aliphatic carbocycles. The lowest BCUT2D eigenvalue weighted by atomic mass is 10.2. The number of rotatable bonds is 2. The lowest BCUT2D eigenvalue weighted by molar-refractivity contribution is -0.614. The second-order valence-corrected chi connectivity index (χ2v) is 5.03. The van der Waals surface area contributed by atoms with Gasteiger partial charge in [-0.2, -0.15) is 13.8 Å². The molecular formula is C16H10N3O3+. The predicted molar refractivity (Wildman–Crippen MR) is 80.5 cm³/mol. The molecule has 6 heteroatoms. The van der Waals surface area contributed by atoms with Crippen LogP contribution in [0.4, 0.5) is 5.69 Å². The molecule has 0 aliphatic heterocycles. The van der Waals surface area contributed by atoms with E-state index in [1.54, 1.807) is 28.9 Å². The van der Waals surface area contributed by atoms with Crippen molar-refractivity contribution in [2.45, 2.75) is 0 Å². The molecule has 106 valence electrons. The number of para-hydroxylation sites is 1. The number of hydrogen-bond donors (Lipinski definition) is 0. The Bertz CT molecular complexity index is 1080. The van der Waals surface area contributed by atoms with Crippen molar-refractivity contribution in [3.05, 3.63) is 81.5 Å². The molecule has 2 aromatic heterocycles. The third kappa shape index (κ3) is 1.67. The summed E-state index contributed by atoms with van der Waals surface area (Å²) >= 11 is 0. The van der Waals surface area contributed by atoms with Gasteiger partial charge in [-0.3, -0.25) is 10.1 Å². The Morgan fingerprint density at radius 3 is 2.64 bits per heavy atom. The molecular weight excluding hydrogens is 282 g/mol. The van der Waals surface area contributed by atoms with E-state index in [1.807, 2.05) is 24.3 Å². The average molecular weight is 292 g/mol. The molecule has 0 atom stereocenters. The Morgan fingerprint density at radius 1 is 1.05 bits per heavy atom. The number of hydrogen-bond acceptors (Lipinski definition) is 3. The largest absolute Gasteiger partial charge is 0.508 e. The van der Waals surface area contributed by atoms with Crippen molar-refractivity contribution >= 4 is 22.0 Å². The Balaban J connectivity index is 2.07. The van der Waals surface area contributed by atoms with Crippen LogP contribution < -0.4 is 10.3 Å². The monoisotopic (exact) mass is 292 g/mol. The lowest BCUT2D eigenvalue weighted by Gasteiger charge is -2.01. The number of aromatic nitrogens is 2.